The van der Waals surface area contributed by atoms with E-state index in [0.29, 0.717) is 5.92 Å². The van der Waals surface area contributed by atoms with E-state index < -0.39 is 0 Å². The van der Waals surface area contributed by atoms with Gasteiger partial charge in [0.2, 0.25) is 0 Å². The molecule has 0 N–H and O–H groups in total. The van der Waals surface area contributed by atoms with E-state index in [-0.39, 0.29) is 18.5 Å². The summed E-state index contributed by atoms with van der Waals surface area (Å²) in [5.41, 5.74) is 3.13. The quantitative estimate of drug-likeness (QED) is 0.477. The van der Waals surface area contributed by atoms with Gasteiger partial charge in [0.05, 0.1) is 0 Å². The molecule has 2 aliphatic carbocycles. The van der Waals surface area contributed by atoms with Crippen molar-refractivity contribution in [3.8, 4) is 0 Å². The molecule has 2 rings (SSSR count). The van der Waals surface area contributed by atoms with Gasteiger partial charge in [0.25, 0.3) is 0 Å². The van der Waals surface area contributed by atoms with Gasteiger partial charge >= 0.3 is 17.1 Å². The zero-order valence-corrected chi connectivity index (χ0v) is 8.91. The molecule has 0 saturated heterocycles. The first-order valence-corrected chi connectivity index (χ1v) is 4.60. The standard InChI is InChI=1S/C11H15.Mn.H/c1-8(2)10-4-3-5-11(10)9-6-7-9;;/h4,8-9H,3,6-7H2,1-2H3;;/q-1;+2;-1. The maximum absolute atomic E-state index is 3.47. The predicted molar refractivity (Wildman–Crippen MR) is 48.1 cm³/mol. The first-order valence-electron chi connectivity index (χ1n) is 4.60. The molecular formula is C11H16Mn. The zero-order chi connectivity index (χ0) is 7.84. The van der Waals surface area contributed by atoms with E-state index in [1.807, 2.05) is 0 Å². The van der Waals surface area contributed by atoms with Gasteiger partial charge < -0.3 is 1.43 Å². The van der Waals surface area contributed by atoms with Gasteiger partial charge in [-0.05, 0) is 18.8 Å². The Bertz CT molecular complexity index is 208. The zero-order valence-electron chi connectivity index (χ0n) is 8.73. The summed E-state index contributed by atoms with van der Waals surface area (Å²) in [6.45, 7) is 4.56. The van der Waals surface area contributed by atoms with E-state index in [4.69, 9.17) is 0 Å². The van der Waals surface area contributed by atoms with Gasteiger partial charge in [-0.15, -0.1) is 6.42 Å². The topological polar surface area (TPSA) is 0 Å². The first kappa shape index (κ1) is 10.1. The molecule has 1 radical (unpaired) electrons. The van der Waals surface area contributed by atoms with Gasteiger partial charge in [-0.25, -0.2) is 5.57 Å². The predicted octanol–water partition coefficient (Wildman–Crippen LogP) is 3.22. The van der Waals surface area contributed by atoms with Crippen LogP contribution in [-0.2, 0) is 17.1 Å². The normalized spacial score (nSPS) is 21.9. The minimum Gasteiger partial charge on any atom is -1.00 e. The molecule has 0 atom stereocenters. The average molecular weight is 203 g/mol. The van der Waals surface area contributed by atoms with Crippen molar-refractivity contribution in [3.63, 3.8) is 0 Å². The van der Waals surface area contributed by atoms with E-state index >= 15 is 0 Å². The van der Waals surface area contributed by atoms with Crippen LogP contribution < -0.4 is 0 Å². The molecule has 2 aliphatic rings. The Morgan fingerprint density at radius 2 is 2.17 bits per heavy atom. The van der Waals surface area contributed by atoms with E-state index in [0.717, 1.165) is 12.3 Å². The molecule has 0 unspecified atom stereocenters. The maximum Gasteiger partial charge on any atom is 2.00 e. The van der Waals surface area contributed by atoms with Crippen LogP contribution >= 0.6 is 0 Å². The number of hydrogen-bond acceptors (Lipinski definition) is 0. The Morgan fingerprint density at radius 1 is 1.50 bits per heavy atom. The molecule has 0 nitrogen and oxygen atoms in total. The van der Waals surface area contributed by atoms with Crippen LogP contribution in [0.25, 0.3) is 0 Å². The van der Waals surface area contributed by atoms with Crippen molar-refractivity contribution >= 4 is 0 Å². The first-order chi connectivity index (χ1) is 5.29. The second kappa shape index (κ2) is 3.81. The Kier molecular flexibility index (Phi) is 3.20. The van der Waals surface area contributed by atoms with Crippen LogP contribution in [0.2, 0.25) is 0 Å². The minimum absolute atomic E-state index is 0. The maximum atomic E-state index is 3.47. The van der Waals surface area contributed by atoms with Crippen LogP contribution in [-0.4, -0.2) is 0 Å². The Morgan fingerprint density at radius 3 is 2.67 bits per heavy atom. The molecule has 0 aromatic carbocycles. The van der Waals surface area contributed by atoms with Crippen LogP contribution in [0.3, 0.4) is 0 Å². The largest absolute Gasteiger partial charge is 2.00 e. The number of rotatable bonds is 2. The van der Waals surface area contributed by atoms with Gasteiger partial charge in [0.1, 0.15) is 0 Å². The summed E-state index contributed by atoms with van der Waals surface area (Å²) >= 11 is 0. The Hall–Kier alpha value is -0.000519. The van der Waals surface area contributed by atoms with Crippen molar-refractivity contribution in [2.75, 3.05) is 0 Å². The molecule has 0 amide bonds. The smallest absolute Gasteiger partial charge is 1.00 e. The van der Waals surface area contributed by atoms with Gasteiger partial charge in [-0.2, -0.15) is 11.6 Å². The molecule has 1 heteroatoms. The third kappa shape index (κ3) is 1.84. The molecule has 0 spiro atoms. The fraction of sp³-hybridized carbons (Fsp3) is 0.636. The summed E-state index contributed by atoms with van der Waals surface area (Å²) in [5.74, 6) is 1.60. The summed E-state index contributed by atoms with van der Waals surface area (Å²) in [4.78, 5) is 0. The molecule has 0 aliphatic heterocycles. The van der Waals surface area contributed by atoms with E-state index in [2.05, 4.69) is 26.0 Å². The molecule has 67 valence electrons. The van der Waals surface area contributed by atoms with Gasteiger partial charge in [0.15, 0.2) is 0 Å². The van der Waals surface area contributed by atoms with E-state index in [1.54, 1.807) is 11.1 Å². The summed E-state index contributed by atoms with van der Waals surface area (Å²) < 4.78 is 0. The molecule has 12 heavy (non-hydrogen) atoms. The van der Waals surface area contributed by atoms with Crippen LogP contribution in [0.15, 0.2) is 17.2 Å². The van der Waals surface area contributed by atoms with Crippen molar-refractivity contribution in [1.82, 2.24) is 0 Å². The molecule has 1 saturated carbocycles. The van der Waals surface area contributed by atoms with Crippen LogP contribution in [0.1, 0.15) is 34.5 Å². The summed E-state index contributed by atoms with van der Waals surface area (Å²) in [6.07, 6.45) is 9.71. The third-order valence-electron chi connectivity index (χ3n) is 2.53. The minimum atomic E-state index is 0. The van der Waals surface area contributed by atoms with Crippen LogP contribution in [0.4, 0.5) is 0 Å². The molecule has 0 aromatic heterocycles. The van der Waals surface area contributed by atoms with Crippen molar-refractivity contribution < 1.29 is 18.5 Å². The van der Waals surface area contributed by atoms with Gasteiger partial charge in [-0.3, -0.25) is 6.08 Å². The molecule has 0 bridgehead atoms. The summed E-state index contributed by atoms with van der Waals surface area (Å²) in [6, 6.07) is 0. The Labute approximate surface area is 87.1 Å². The van der Waals surface area contributed by atoms with E-state index in [9.17, 15) is 0 Å². The molecule has 0 heterocycles. The monoisotopic (exact) mass is 203 g/mol. The summed E-state index contributed by atoms with van der Waals surface area (Å²) in [7, 11) is 0. The van der Waals surface area contributed by atoms with Crippen molar-refractivity contribution in [2.45, 2.75) is 33.1 Å². The van der Waals surface area contributed by atoms with Crippen molar-refractivity contribution in [2.24, 2.45) is 11.8 Å². The molecular weight excluding hydrogens is 187 g/mol. The van der Waals surface area contributed by atoms with Crippen LogP contribution in [0, 0.1) is 17.9 Å². The van der Waals surface area contributed by atoms with Crippen LogP contribution in [0.5, 0.6) is 0 Å². The van der Waals surface area contributed by atoms with Gasteiger partial charge in [-0.1, -0.05) is 19.8 Å². The third-order valence-corrected chi connectivity index (χ3v) is 2.53. The fourth-order valence-corrected chi connectivity index (χ4v) is 1.78. The SMILES string of the molecule is CC(C)C1=CC[C-]=C1C1CC1.[H-].[Mn+2]. The number of allylic oxidation sites excluding steroid dienone is 4. The Balaban J connectivity index is 0.000000720. The van der Waals surface area contributed by atoms with Crippen molar-refractivity contribution in [3.05, 3.63) is 23.3 Å². The van der Waals surface area contributed by atoms with Crippen molar-refractivity contribution in [1.29, 1.82) is 0 Å². The molecule has 0 aromatic rings. The van der Waals surface area contributed by atoms with E-state index in [1.165, 1.54) is 12.8 Å². The average Bonchev–Trinajstić information content (AvgIpc) is 2.68. The van der Waals surface area contributed by atoms with Gasteiger partial charge in [0, 0.05) is 0 Å². The molecule has 1 fully saturated rings. The number of hydrogen-bond donors (Lipinski definition) is 0. The fourth-order valence-electron chi connectivity index (χ4n) is 1.78. The summed E-state index contributed by atoms with van der Waals surface area (Å²) in [5, 5.41) is 0. The second-order valence-corrected chi connectivity index (χ2v) is 3.88. The second-order valence-electron chi connectivity index (χ2n) is 3.88.